The standard InChI is InChI=1S/C10H14O6/c11-6-7(12)9(16-8(6)13)2-1-3-10(9)14-4-5-15-10/h6-7,11-12H,1-5H2/t6-,7+,9?/m0/s1. The Kier molecular flexibility index (Phi) is 2.07. The van der Waals surface area contributed by atoms with Gasteiger partial charge in [-0.15, -0.1) is 0 Å². The molecule has 0 aromatic carbocycles. The van der Waals surface area contributed by atoms with E-state index in [1.165, 1.54) is 0 Å². The summed E-state index contributed by atoms with van der Waals surface area (Å²) in [6.07, 6.45) is -1.01. The Morgan fingerprint density at radius 3 is 2.44 bits per heavy atom. The number of hydrogen-bond acceptors (Lipinski definition) is 6. The smallest absolute Gasteiger partial charge is 0.338 e. The molecule has 0 aromatic heterocycles. The van der Waals surface area contributed by atoms with Crippen LogP contribution in [-0.2, 0) is 19.0 Å². The molecular formula is C10H14O6. The number of fused-ring (bicyclic) bond motifs is 1. The maximum Gasteiger partial charge on any atom is 0.338 e. The largest absolute Gasteiger partial charge is 0.448 e. The molecule has 2 spiro atoms. The summed E-state index contributed by atoms with van der Waals surface area (Å²) >= 11 is 0. The molecule has 3 aliphatic rings. The molecule has 0 amide bonds. The van der Waals surface area contributed by atoms with E-state index < -0.39 is 29.6 Å². The zero-order valence-electron chi connectivity index (χ0n) is 8.72. The van der Waals surface area contributed by atoms with Crippen LogP contribution in [0.1, 0.15) is 19.3 Å². The van der Waals surface area contributed by atoms with Crippen molar-refractivity contribution in [1.82, 2.24) is 0 Å². The normalized spacial score (nSPS) is 45.8. The van der Waals surface area contributed by atoms with E-state index in [2.05, 4.69) is 0 Å². The number of aliphatic hydroxyl groups is 2. The number of carbonyl (C=O) groups excluding carboxylic acids is 1. The van der Waals surface area contributed by atoms with Gasteiger partial charge in [-0.2, -0.15) is 0 Å². The molecule has 3 atom stereocenters. The number of aliphatic hydroxyl groups excluding tert-OH is 2. The van der Waals surface area contributed by atoms with E-state index in [0.29, 0.717) is 26.1 Å². The van der Waals surface area contributed by atoms with Gasteiger partial charge in [0.2, 0.25) is 5.79 Å². The van der Waals surface area contributed by atoms with E-state index in [0.717, 1.165) is 6.42 Å². The lowest BCUT2D eigenvalue weighted by Crippen LogP contribution is -2.58. The van der Waals surface area contributed by atoms with Gasteiger partial charge in [-0.25, -0.2) is 4.79 Å². The van der Waals surface area contributed by atoms with Crippen molar-refractivity contribution in [3.8, 4) is 0 Å². The van der Waals surface area contributed by atoms with E-state index in [4.69, 9.17) is 14.2 Å². The van der Waals surface area contributed by atoms with Crippen molar-refractivity contribution in [2.45, 2.75) is 42.9 Å². The third kappa shape index (κ3) is 1.03. The summed E-state index contributed by atoms with van der Waals surface area (Å²) in [5.74, 6) is -1.85. The van der Waals surface area contributed by atoms with E-state index in [-0.39, 0.29) is 0 Å². The van der Waals surface area contributed by atoms with Crippen molar-refractivity contribution in [1.29, 1.82) is 0 Å². The van der Waals surface area contributed by atoms with Crippen LogP contribution < -0.4 is 0 Å². The van der Waals surface area contributed by atoms with Gasteiger partial charge in [0.05, 0.1) is 13.2 Å². The fraction of sp³-hybridized carbons (Fsp3) is 0.900. The number of rotatable bonds is 0. The minimum absolute atomic E-state index is 0.419. The van der Waals surface area contributed by atoms with Gasteiger partial charge in [-0.05, 0) is 12.8 Å². The van der Waals surface area contributed by atoms with Gasteiger partial charge in [0.1, 0.15) is 6.10 Å². The lowest BCUT2D eigenvalue weighted by atomic mass is 9.89. The van der Waals surface area contributed by atoms with Crippen LogP contribution in [0.15, 0.2) is 0 Å². The molecule has 3 rings (SSSR count). The van der Waals surface area contributed by atoms with Crippen molar-refractivity contribution in [2.75, 3.05) is 13.2 Å². The van der Waals surface area contributed by atoms with Gasteiger partial charge in [-0.1, -0.05) is 0 Å². The van der Waals surface area contributed by atoms with Crippen LogP contribution in [0, 0.1) is 0 Å². The van der Waals surface area contributed by atoms with Gasteiger partial charge < -0.3 is 24.4 Å². The highest BCUT2D eigenvalue weighted by Crippen LogP contribution is 2.52. The molecule has 3 fully saturated rings. The summed E-state index contributed by atoms with van der Waals surface area (Å²) in [5, 5.41) is 19.5. The van der Waals surface area contributed by atoms with E-state index in [1.54, 1.807) is 0 Å². The van der Waals surface area contributed by atoms with Gasteiger partial charge in [-0.3, -0.25) is 0 Å². The molecule has 1 saturated carbocycles. The minimum atomic E-state index is -1.50. The van der Waals surface area contributed by atoms with Crippen molar-refractivity contribution < 1.29 is 29.2 Å². The van der Waals surface area contributed by atoms with Gasteiger partial charge in [0, 0.05) is 6.42 Å². The topological polar surface area (TPSA) is 85.2 Å². The molecular weight excluding hydrogens is 216 g/mol. The van der Waals surface area contributed by atoms with Crippen molar-refractivity contribution in [3.63, 3.8) is 0 Å². The lowest BCUT2D eigenvalue weighted by molar-refractivity contribution is -0.271. The average molecular weight is 230 g/mol. The van der Waals surface area contributed by atoms with Crippen LogP contribution >= 0.6 is 0 Å². The Balaban J connectivity index is 2.01. The zero-order chi connectivity index (χ0) is 11.4. The Labute approximate surface area is 92.1 Å². The molecule has 1 unspecified atom stereocenters. The SMILES string of the molecule is O=C1OC2(CCCC23OCCO3)[C@H](O)[C@@H]1O. The third-order valence-corrected chi connectivity index (χ3v) is 3.75. The molecule has 2 saturated heterocycles. The number of carbonyl (C=O) groups is 1. The second-order valence-corrected chi connectivity index (χ2v) is 4.50. The quantitative estimate of drug-likeness (QED) is 0.515. The van der Waals surface area contributed by atoms with Crippen LogP contribution in [0.5, 0.6) is 0 Å². The number of ether oxygens (including phenoxy) is 3. The third-order valence-electron chi connectivity index (χ3n) is 3.75. The van der Waals surface area contributed by atoms with Crippen LogP contribution in [0.3, 0.4) is 0 Å². The molecule has 90 valence electrons. The first-order valence-corrected chi connectivity index (χ1v) is 5.48. The number of esters is 1. The van der Waals surface area contributed by atoms with Gasteiger partial charge in [0.25, 0.3) is 0 Å². The summed E-state index contributed by atoms with van der Waals surface area (Å²) in [6.45, 7) is 0.838. The Bertz CT molecular complexity index is 318. The summed E-state index contributed by atoms with van der Waals surface area (Å²) in [6, 6.07) is 0. The fourth-order valence-corrected chi connectivity index (χ4v) is 3.02. The molecule has 2 N–H and O–H groups in total. The first kappa shape index (κ1) is 10.5. The molecule has 2 aliphatic heterocycles. The average Bonchev–Trinajstić information content (AvgIpc) is 2.92. The second kappa shape index (κ2) is 3.16. The highest BCUT2D eigenvalue weighted by molar-refractivity contribution is 5.79. The van der Waals surface area contributed by atoms with Crippen molar-refractivity contribution in [3.05, 3.63) is 0 Å². The summed E-state index contributed by atoms with van der Waals surface area (Å²) in [4.78, 5) is 11.3. The highest BCUT2D eigenvalue weighted by Gasteiger charge is 2.71. The molecule has 6 heteroatoms. The Hall–Kier alpha value is -0.690. The predicted octanol–water partition coefficient (Wildman–Crippen LogP) is -1.07. The predicted molar refractivity (Wildman–Crippen MR) is 49.3 cm³/mol. The molecule has 0 bridgehead atoms. The van der Waals surface area contributed by atoms with Crippen LogP contribution in [0.2, 0.25) is 0 Å². The lowest BCUT2D eigenvalue weighted by Gasteiger charge is -2.38. The van der Waals surface area contributed by atoms with Crippen LogP contribution in [-0.4, -0.2) is 53.0 Å². The van der Waals surface area contributed by atoms with E-state index in [1.807, 2.05) is 0 Å². The maximum absolute atomic E-state index is 11.3. The van der Waals surface area contributed by atoms with E-state index >= 15 is 0 Å². The summed E-state index contributed by atoms with van der Waals surface area (Å²) in [7, 11) is 0. The zero-order valence-corrected chi connectivity index (χ0v) is 8.72. The molecule has 6 nitrogen and oxygen atoms in total. The van der Waals surface area contributed by atoms with Crippen molar-refractivity contribution in [2.24, 2.45) is 0 Å². The summed E-state index contributed by atoms with van der Waals surface area (Å²) in [5.41, 5.74) is -1.22. The van der Waals surface area contributed by atoms with E-state index in [9.17, 15) is 15.0 Å². The van der Waals surface area contributed by atoms with Gasteiger partial charge in [0.15, 0.2) is 11.7 Å². The van der Waals surface area contributed by atoms with Crippen LogP contribution in [0.25, 0.3) is 0 Å². The molecule has 0 aromatic rings. The highest BCUT2D eigenvalue weighted by atomic mass is 16.8. The van der Waals surface area contributed by atoms with Gasteiger partial charge >= 0.3 is 5.97 Å². The fourth-order valence-electron chi connectivity index (χ4n) is 3.02. The van der Waals surface area contributed by atoms with Crippen molar-refractivity contribution >= 4 is 5.97 Å². The first-order chi connectivity index (χ1) is 7.61. The molecule has 16 heavy (non-hydrogen) atoms. The Morgan fingerprint density at radius 2 is 1.88 bits per heavy atom. The Morgan fingerprint density at radius 1 is 1.19 bits per heavy atom. The monoisotopic (exact) mass is 230 g/mol. The first-order valence-electron chi connectivity index (χ1n) is 5.48. The molecule has 0 radical (unpaired) electrons. The molecule has 1 aliphatic carbocycles. The van der Waals surface area contributed by atoms with Crippen LogP contribution in [0.4, 0.5) is 0 Å². The molecule has 2 heterocycles. The minimum Gasteiger partial charge on any atom is -0.448 e. The summed E-state index contributed by atoms with van der Waals surface area (Å²) < 4.78 is 16.3. The second-order valence-electron chi connectivity index (χ2n) is 4.50. The number of hydrogen-bond donors (Lipinski definition) is 2. The maximum atomic E-state index is 11.3.